The number of aromatic nitrogens is 1. The summed E-state index contributed by atoms with van der Waals surface area (Å²) in [6.45, 7) is 0.995. The van der Waals surface area contributed by atoms with Gasteiger partial charge < -0.3 is 19.4 Å². The molecule has 0 aliphatic carbocycles. The van der Waals surface area contributed by atoms with Gasteiger partial charge in [-0.3, -0.25) is 14.6 Å². The monoisotopic (exact) mass is 407 g/mol. The predicted molar refractivity (Wildman–Crippen MR) is 109 cm³/mol. The first kappa shape index (κ1) is 19.6. The number of nitrogens with zero attached hydrogens (tertiary/aromatic N) is 2. The highest BCUT2D eigenvalue weighted by Crippen LogP contribution is 2.20. The number of pyridine rings is 1. The van der Waals surface area contributed by atoms with Crippen LogP contribution in [-0.4, -0.2) is 47.4 Å². The third-order valence-electron chi connectivity index (χ3n) is 5.06. The number of nitrogens with one attached hydrogen (secondary N) is 1. The van der Waals surface area contributed by atoms with E-state index in [-0.39, 0.29) is 24.5 Å². The summed E-state index contributed by atoms with van der Waals surface area (Å²) in [5.74, 6) is 0.185. The van der Waals surface area contributed by atoms with Gasteiger partial charge in [0.2, 0.25) is 0 Å². The minimum absolute atomic E-state index is 0.0195. The van der Waals surface area contributed by atoms with E-state index >= 15 is 0 Å². The Kier molecular flexibility index (Phi) is 5.74. The average molecular weight is 407 g/mol. The van der Waals surface area contributed by atoms with Crippen LogP contribution >= 0.6 is 0 Å². The SMILES string of the molecule is O=C(NC1CCN(C(=O)COc2ccc3ccc(=O)oc3c2)CC1)c1cccnc1. The molecule has 0 radical (unpaired) electrons. The van der Waals surface area contributed by atoms with Crippen LogP contribution < -0.4 is 15.7 Å². The molecule has 3 heterocycles. The molecule has 1 aromatic carbocycles. The van der Waals surface area contributed by atoms with Crippen molar-refractivity contribution in [2.45, 2.75) is 18.9 Å². The van der Waals surface area contributed by atoms with Crippen LogP contribution in [0.15, 0.2) is 64.1 Å². The first-order valence-corrected chi connectivity index (χ1v) is 9.74. The van der Waals surface area contributed by atoms with Crippen molar-refractivity contribution in [3.05, 3.63) is 70.8 Å². The Morgan fingerprint density at radius 1 is 1.17 bits per heavy atom. The molecule has 0 unspecified atom stereocenters. The van der Waals surface area contributed by atoms with E-state index in [0.717, 1.165) is 5.39 Å². The van der Waals surface area contributed by atoms with E-state index in [9.17, 15) is 14.4 Å². The van der Waals surface area contributed by atoms with Crippen LogP contribution in [0.25, 0.3) is 11.0 Å². The summed E-state index contributed by atoms with van der Waals surface area (Å²) in [6, 6.07) is 11.6. The summed E-state index contributed by atoms with van der Waals surface area (Å²) in [7, 11) is 0. The quantitative estimate of drug-likeness (QED) is 0.649. The molecule has 1 aliphatic heterocycles. The Balaban J connectivity index is 1.26. The summed E-state index contributed by atoms with van der Waals surface area (Å²) in [5, 5.41) is 3.77. The molecule has 0 spiro atoms. The van der Waals surface area contributed by atoms with Gasteiger partial charge in [0.15, 0.2) is 6.61 Å². The maximum absolute atomic E-state index is 12.5. The molecule has 0 saturated carbocycles. The number of rotatable bonds is 5. The normalized spacial score (nSPS) is 14.5. The molecule has 2 amide bonds. The molecule has 0 bridgehead atoms. The van der Waals surface area contributed by atoms with Crippen LogP contribution in [0.3, 0.4) is 0 Å². The molecule has 1 fully saturated rings. The number of hydrogen-bond acceptors (Lipinski definition) is 6. The van der Waals surface area contributed by atoms with Gasteiger partial charge in [0.1, 0.15) is 11.3 Å². The van der Waals surface area contributed by atoms with E-state index in [1.54, 1.807) is 47.5 Å². The van der Waals surface area contributed by atoms with Crippen molar-refractivity contribution in [1.29, 1.82) is 0 Å². The van der Waals surface area contributed by atoms with Crippen LogP contribution in [0, 0.1) is 0 Å². The minimum Gasteiger partial charge on any atom is -0.484 e. The molecule has 3 aromatic rings. The van der Waals surface area contributed by atoms with Gasteiger partial charge in [0.25, 0.3) is 11.8 Å². The van der Waals surface area contributed by atoms with E-state index in [0.29, 0.717) is 42.8 Å². The minimum atomic E-state index is -0.436. The lowest BCUT2D eigenvalue weighted by Gasteiger charge is -2.32. The van der Waals surface area contributed by atoms with Crippen molar-refractivity contribution in [3.8, 4) is 5.75 Å². The first-order valence-electron chi connectivity index (χ1n) is 9.74. The average Bonchev–Trinajstić information content (AvgIpc) is 2.78. The second-order valence-electron chi connectivity index (χ2n) is 7.11. The van der Waals surface area contributed by atoms with Crippen LogP contribution in [0.2, 0.25) is 0 Å². The Bertz CT molecular complexity index is 1100. The van der Waals surface area contributed by atoms with E-state index < -0.39 is 5.63 Å². The molecule has 8 nitrogen and oxygen atoms in total. The number of hydrogen-bond donors (Lipinski definition) is 1. The van der Waals surface area contributed by atoms with Crippen molar-refractivity contribution < 1.29 is 18.7 Å². The topological polar surface area (TPSA) is 102 Å². The zero-order valence-electron chi connectivity index (χ0n) is 16.2. The fourth-order valence-electron chi connectivity index (χ4n) is 3.41. The lowest BCUT2D eigenvalue weighted by Crippen LogP contribution is -2.47. The maximum Gasteiger partial charge on any atom is 0.336 e. The molecule has 2 aromatic heterocycles. The number of carbonyl (C=O) groups is 2. The number of fused-ring (bicyclic) bond motifs is 1. The van der Waals surface area contributed by atoms with Crippen LogP contribution in [-0.2, 0) is 4.79 Å². The highest BCUT2D eigenvalue weighted by atomic mass is 16.5. The number of amides is 2. The lowest BCUT2D eigenvalue weighted by molar-refractivity contribution is -0.134. The van der Waals surface area contributed by atoms with E-state index in [1.165, 1.54) is 12.3 Å². The molecule has 154 valence electrons. The van der Waals surface area contributed by atoms with Gasteiger partial charge in [-0.2, -0.15) is 0 Å². The maximum atomic E-state index is 12.5. The van der Waals surface area contributed by atoms with Gasteiger partial charge in [-0.1, -0.05) is 0 Å². The zero-order chi connectivity index (χ0) is 20.9. The van der Waals surface area contributed by atoms with E-state index in [4.69, 9.17) is 9.15 Å². The van der Waals surface area contributed by atoms with Crippen molar-refractivity contribution in [2.24, 2.45) is 0 Å². The largest absolute Gasteiger partial charge is 0.484 e. The second-order valence-corrected chi connectivity index (χ2v) is 7.11. The van der Waals surface area contributed by atoms with Gasteiger partial charge in [-0.25, -0.2) is 4.79 Å². The van der Waals surface area contributed by atoms with Crippen LogP contribution in [0.4, 0.5) is 0 Å². The van der Waals surface area contributed by atoms with Gasteiger partial charge in [0.05, 0.1) is 5.56 Å². The smallest absolute Gasteiger partial charge is 0.336 e. The Morgan fingerprint density at radius 2 is 1.97 bits per heavy atom. The number of likely N-dealkylation sites (tertiary alicyclic amines) is 1. The molecule has 1 aliphatic rings. The number of piperidine rings is 1. The standard InChI is InChI=1S/C22H21N3O5/c26-20(14-29-18-5-3-15-4-6-21(27)30-19(15)12-18)25-10-7-17(8-11-25)24-22(28)16-2-1-9-23-13-16/h1-6,9,12-13,17H,7-8,10-11,14H2,(H,24,28). The summed E-state index contributed by atoms with van der Waals surface area (Å²) in [6.07, 6.45) is 4.51. The molecular formula is C22H21N3O5. The van der Waals surface area contributed by atoms with E-state index in [2.05, 4.69) is 10.3 Å². The fraction of sp³-hybridized carbons (Fsp3) is 0.273. The second kappa shape index (κ2) is 8.77. The van der Waals surface area contributed by atoms with Crippen LogP contribution in [0.1, 0.15) is 23.2 Å². The number of ether oxygens (including phenoxy) is 1. The van der Waals surface area contributed by atoms with Crippen molar-refractivity contribution in [2.75, 3.05) is 19.7 Å². The van der Waals surface area contributed by atoms with Gasteiger partial charge in [-0.15, -0.1) is 0 Å². The molecule has 4 rings (SSSR count). The molecule has 0 atom stereocenters. The van der Waals surface area contributed by atoms with Gasteiger partial charge >= 0.3 is 5.63 Å². The van der Waals surface area contributed by atoms with E-state index in [1.807, 2.05) is 0 Å². The molecular weight excluding hydrogens is 386 g/mol. The van der Waals surface area contributed by atoms with Crippen LogP contribution in [0.5, 0.6) is 5.75 Å². The van der Waals surface area contributed by atoms with Crippen molar-refractivity contribution in [1.82, 2.24) is 15.2 Å². The summed E-state index contributed by atoms with van der Waals surface area (Å²) < 4.78 is 10.7. The van der Waals surface area contributed by atoms with Crippen molar-refractivity contribution >= 4 is 22.8 Å². The van der Waals surface area contributed by atoms with Gasteiger partial charge in [-0.05, 0) is 43.2 Å². The molecule has 1 N–H and O–H groups in total. The molecule has 30 heavy (non-hydrogen) atoms. The summed E-state index contributed by atoms with van der Waals surface area (Å²) >= 11 is 0. The molecule has 8 heteroatoms. The van der Waals surface area contributed by atoms with Crippen molar-refractivity contribution in [3.63, 3.8) is 0 Å². The Labute approximate surface area is 172 Å². The third kappa shape index (κ3) is 4.65. The predicted octanol–water partition coefficient (Wildman–Crippen LogP) is 1.99. The highest BCUT2D eigenvalue weighted by molar-refractivity contribution is 5.94. The molecule has 1 saturated heterocycles. The third-order valence-corrected chi connectivity index (χ3v) is 5.06. The Morgan fingerprint density at radius 3 is 2.73 bits per heavy atom. The Hall–Kier alpha value is -3.68. The summed E-state index contributed by atoms with van der Waals surface area (Å²) in [5.41, 5.74) is 0.502. The zero-order valence-corrected chi connectivity index (χ0v) is 16.2. The first-order chi connectivity index (χ1) is 14.6. The van der Waals surface area contributed by atoms with Gasteiger partial charge in [0, 0.05) is 49.0 Å². The lowest BCUT2D eigenvalue weighted by atomic mass is 10.0. The fourth-order valence-corrected chi connectivity index (χ4v) is 3.41. The number of carbonyl (C=O) groups excluding carboxylic acids is 2. The summed E-state index contributed by atoms with van der Waals surface area (Å²) in [4.78, 5) is 41.7. The highest BCUT2D eigenvalue weighted by Gasteiger charge is 2.24. The number of benzene rings is 1.